The fourth-order valence-electron chi connectivity index (χ4n) is 4.16. The largest absolute Gasteiger partial charge is 0.476 e. The molecule has 2 heterocycles. The molecule has 0 aromatic heterocycles. The second kappa shape index (κ2) is 9.89. The number of nitrogens with one attached hydrogen (secondary N) is 1. The van der Waals surface area contributed by atoms with Crippen molar-refractivity contribution in [2.45, 2.75) is 23.3 Å². The molecular formula is C23H25F3N3O5PS. The lowest BCUT2D eigenvalue weighted by atomic mass is 9.99. The Labute approximate surface area is 208 Å². The molecule has 2 atom stereocenters. The molecule has 8 nitrogen and oxygen atoms in total. The van der Waals surface area contributed by atoms with Crippen LogP contribution in [0.5, 0.6) is 5.75 Å². The van der Waals surface area contributed by atoms with Gasteiger partial charge in [-0.05, 0) is 48.4 Å². The molecular weight excluding hydrogens is 518 g/mol. The van der Waals surface area contributed by atoms with Gasteiger partial charge < -0.3 is 19.9 Å². The molecule has 2 aromatic carbocycles. The first-order valence-corrected chi connectivity index (χ1v) is 13.7. The van der Waals surface area contributed by atoms with Crippen LogP contribution in [0, 0.1) is 0 Å². The number of ether oxygens (including phenoxy) is 1. The summed E-state index contributed by atoms with van der Waals surface area (Å²) in [6.45, 7) is 2.01. The lowest BCUT2D eigenvalue weighted by molar-refractivity contribution is -0.166. The first-order valence-electron chi connectivity index (χ1n) is 11.1. The summed E-state index contributed by atoms with van der Waals surface area (Å²) in [5, 5.41) is 2.80. The molecule has 4 rings (SSSR count). The van der Waals surface area contributed by atoms with Gasteiger partial charge in [0, 0.05) is 50.2 Å². The highest BCUT2D eigenvalue weighted by atomic mass is 32.2. The Morgan fingerprint density at radius 1 is 1.11 bits per heavy atom. The molecule has 36 heavy (non-hydrogen) atoms. The van der Waals surface area contributed by atoms with Gasteiger partial charge in [0.15, 0.2) is 9.84 Å². The first-order chi connectivity index (χ1) is 16.8. The summed E-state index contributed by atoms with van der Waals surface area (Å²) in [4.78, 5) is 28.6. The first kappa shape index (κ1) is 26.2. The van der Waals surface area contributed by atoms with E-state index in [0.717, 1.165) is 42.1 Å². The Morgan fingerprint density at radius 3 is 2.44 bits per heavy atom. The van der Waals surface area contributed by atoms with Crippen molar-refractivity contribution in [2.75, 3.05) is 43.9 Å². The maximum absolute atomic E-state index is 13.3. The summed E-state index contributed by atoms with van der Waals surface area (Å²) in [6, 6.07) is 8.83. The van der Waals surface area contributed by atoms with Gasteiger partial charge in [-0.15, -0.1) is 0 Å². The number of hydrogen-bond donors (Lipinski definition) is 1. The highest BCUT2D eigenvalue weighted by molar-refractivity contribution is 7.90. The van der Waals surface area contributed by atoms with Crippen molar-refractivity contribution in [3.05, 3.63) is 53.1 Å². The van der Waals surface area contributed by atoms with E-state index in [2.05, 4.69) is 10.2 Å². The van der Waals surface area contributed by atoms with Crippen LogP contribution in [-0.2, 0) is 16.3 Å². The van der Waals surface area contributed by atoms with Crippen molar-refractivity contribution in [3.8, 4) is 5.75 Å². The third-order valence-corrected chi connectivity index (χ3v) is 7.76. The number of fused-ring (bicyclic) bond motifs is 1. The quantitative estimate of drug-likeness (QED) is 0.583. The van der Waals surface area contributed by atoms with Crippen LogP contribution in [0.4, 0.5) is 18.9 Å². The number of halogens is 3. The van der Waals surface area contributed by atoms with Crippen molar-refractivity contribution in [1.29, 1.82) is 0 Å². The molecule has 1 saturated heterocycles. The number of rotatable bonds is 5. The van der Waals surface area contributed by atoms with Crippen LogP contribution < -0.4 is 15.0 Å². The maximum Gasteiger partial charge on any atom is 0.428 e. The van der Waals surface area contributed by atoms with Crippen LogP contribution in [0.2, 0.25) is 0 Å². The van der Waals surface area contributed by atoms with Gasteiger partial charge in [-0.1, -0.05) is 9.24 Å². The zero-order valence-corrected chi connectivity index (χ0v) is 21.3. The number of alkyl halides is 3. The Bertz CT molecular complexity index is 1290. The summed E-state index contributed by atoms with van der Waals surface area (Å²) < 4.78 is 68.2. The number of carbonyl (C=O) groups excluding carboxylic acids is 2. The molecule has 0 radical (unpaired) electrons. The predicted molar refractivity (Wildman–Crippen MR) is 130 cm³/mol. The lowest BCUT2D eigenvalue weighted by Crippen LogP contribution is -2.49. The van der Waals surface area contributed by atoms with Gasteiger partial charge >= 0.3 is 6.18 Å². The van der Waals surface area contributed by atoms with E-state index in [0.29, 0.717) is 25.2 Å². The molecule has 194 valence electrons. The van der Waals surface area contributed by atoms with Gasteiger partial charge in [-0.2, -0.15) is 13.2 Å². The Balaban J connectivity index is 1.53. The molecule has 2 aromatic rings. The van der Waals surface area contributed by atoms with Crippen molar-refractivity contribution < 1.29 is 35.9 Å². The minimum absolute atomic E-state index is 0.106. The van der Waals surface area contributed by atoms with Gasteiger partial charge in [0.25, 0.3) is 11.8 Å². The second-order valence-corrected chi connectivity index (χ2v) is 11.3. The molecule has 0 bridgehead atoms. The average Bonchev–Trinajstić information content (AvgIpc) is 2.82. The third kappa shape index (κ3) is 5.59. The Kier molecular flexibility index (Phi) is 7.21. The number of piperazine rings is 1. The molecule has 2 aliphatic rings. The molecule has 1 N–H and O–H groups in total. The minimum Gasteiger partial charge on any atom is -0.476 e. The summed E-state index contributed by atoms with van der Waals surface area (Å²) >= 11 is 0. The van der Waals surface area contributed by atoms with Crippen LogP contribution in [0.15, 0.2) is 41.3 Å². The standard InChI is InChI=1S/C23H25F3N3O5PS/c1-36(32,33)16-3-5-19(34-22(35)23(24,25)26)18(13-16)21(31)29-10-8-28(9-11-29)15-2-4-17-14(12-15)6-7-27-20(17)30/h2-5,12-13,22H,6-11,35H2,1H3,(H,27,30)/t22-/m0/s1. The maximum atomic E-state index is 13.3. The predicted octanol–water partition coefficient (Wildman–Crippen LogP) is 2.48. The van der Waals surface area contributed by atoms with Crippen molar-refractivity contribution in [3.63, 3.8) is 0 Å². The minimum atomic E-state index is -4.69. The fourth-order valence-corrected chi connectivity index (χ4v) is 4.96. The Hall–Kier alpha value is -2.85. The molecule has 0 aliphatic carbocycles. The Morgan fingerprint density at radius 2 is 1.81 bits per heavy atom. The normalized spacial score (nSPS) is 17.3. The summed E-state index contributed by atoms with van der Waals surface area (Å²) in [5.41, 5.74) is 2.26. The van der Waals surface area contributed by atoms with Crippen molar-refractivity contribution in [2.24, 2.45) is 0 Å². The number of amides is 2. The number of hydrogen-bond acceptors (Lipinski definition) is 6. The van der Waals surface area contributed by atoms with Gasteiger partial charge in [-0.25, -0.2) is 8.42 Å². The van der Waals surface area contributed by atoms with Crippen molar-refractivity contribution >= 4 is 36.6 Å². The van der Waals surface area contributed by atoms with Gasteiger partial charge in [0.05, 0.1) is 10.5 Å². The molecule has 1 fully saturated rings. The number of benzene rings is 2. The SMILES string of the molecule is CS(=O)(=O)c1ccc(O[C@@H](P)C(F)(F)F)c(C(=O)N2CCN(c3ccc4c(c3)CCNC4=O)CC2)c1. The fraction of sp³-hybridized carbons (Fsp3) is 0.391. The van der Waals surface area contributed by atoms with Crippen LogP contribution >= 0.6 is 9.24 Å². The zero-order valence-electron chi connectivity index (χ0n) is 19.3. The van der Waals surface area contributed by atoms with E-state index in [4.69, 9.17) is 4.74 Å². The van der Waals surface area contributed by atoms with Gasteiger partial charge in [0.2, 0.25) is 5.85 Å². The highest BCUT2D eigenvalue weighted by Crippen LogP contribution is 2.33. The van der Waals surface area contributed by atoms with Crippen LogP contribution in [0.25, 0.3) is 0 Å². The monoisotopic (exact) mass is 543 g/mol. The van der Waals surface area contributed by atoms with Crippen LogP contribution in [0.1, 0.15) is 26.3 Å². The van der Waals surface area contributed by atoms with E-state index < -0.39 is 27.8 Å². The molecule has 13 heteroatoms. The number of nitrogens with zero attached hydrogens (tertiary/aromatic N) is 2. The molecule has 0 spiro atoms. The van der Waals surface area contributed by atoms with Crippen molar-refractivity contribution in [1.82, 2.24) is 10.2 Å². The average molecular weight is 544 g/mol. The lowest BCUT2D eigenvalue weighted by Gasteiger charge is -2.37. The number of carbonyl (C=O) groups is 2. The summed E-state index contributed by atoms with van der Waals surface area (Å²) in [5.74, 6) is -3.33. The smallest absolute Gasteiger partial charge is 0.428 e. The zero-order chi connectivity index (χ0) is 26.3. The van der Waals surface area contributed by atoms with E-state index in [9.17, 15) is 31.2 Å². The van der Waals surface area contributed by atoms with Crippen LogP contribution in [-0.4, -0.2) is 76.1 Å². The van der Waals surface area contributed by atoms with Gasteiger partial charge in [0.1, 0.15) is 5.75 Å². The number of sulfone groups is 1. The number of anilines is 1. The third-order valence-electron chi connectivity index (χ3n) is 6.13. The molecule has 1 unspecified atom stereocenters. The van der Waals surface area contributed by atoms with E-state index in [-0.39, 0.29) is 35.2 Å². The summed E-state index contributed by atoms with van der Waals surface area (Å²) in [6.07, 6.45) is -3.02. The van der Waals surface area contributed by atoms with E-state index in [1.807, 2.05) is 12.1 Å². The molecule has 2 aliphatic heterocycles. The second-order valence-electron chi connectivity index (χ2n) is 8.64. The molecule has 2 amide bonds. The summed E-state index contributed by atoms with van der Waals surface area (Å²) in [7, 11) is -2.18. The topological polar surface area (TPSA) is 96.0 Å². The molecule has 0 saturated carbocycles. The van der Waals surface area contributed by atoms with E-state index >= 15 is 0 Å². The van der Waals surface area contributed by atoms with E-state index in [1.165, 1.54) is 14.1 Å². The van der Waals surface area contributed by atoms with E-state index in [1.54, 1.807) is 6.07 Å². The van der Waals surface area contributed by atoms with Crippen LogP contribution in [0.3, 0.4) is 0 Å². The highest BCUT2D eigenvalue weighted by Gasteiger charge is 2.39. The van der Waals surface area contributed by atoms with Gasteiger partial charge in [-0.3, -0.25) is 9.59 Å².